The van der Waals surface area contributed by atoms with Crippen molar-refractivity contribution in [1.82, 2.24) is 0 Å². The molecule has 0 spiro atoms. The van der Waals surface area contributed by atoms with Crippen molar-refractivity contribution in [2.24, 2.45) is 0 Å². The molecule has 0 unspecified atom stereocenters. The van der Waals surface area contributed by atoms with Crippen LogP contribution in [0.4, 0.5) is 0 Å². The normalized spacial score (nSPS) is 16.2. The van der Waals surface area contributed by atoms with Gasteiger partial charge < -0.3 is 0 Å². The smallest absolute Gasteiger partial charge is 0.0000000000000204 e. The Balaban J connectivity index is 1.28. The zero-order chi connectivity index (χ0) is 40.8. The number of benzene rings is 18. The number of rotatable bonds is 0. The van der Waals surface area contributed by atoms with Gasteiger partial charge in [0.2, 0.25) is 0 Å². The molecule has 0 radical (unpaired) electrons. The summed E-state index contributed by atoms with van der Waals surface area (Å²) in [6, 6.07) is 28.8. The lowest BCUT2D eigenvalue weighted by Gasteiger charge is -2.16. The summed E-state index contributed by atoms with van der Waals surface area (Å²) in [4.78, 5) is 0. The van der Waals surface area contributed by atoms with Crippen molar-refractivity contribution in [2.45, 2.75) is 0 Å². The van der Waals surface area contributed by atoms with Crippen LogP contribution in [-0.2, 0) is 0 Å². The molecular weight excluding hydrogens is 817 g/mol. The lowest BCUT2D eigenvalue weighted by molar-refractivity contribution is 1.77. The molecule has 0 nitrogen and oxygen atoms in total. The van der Waals surface area contributed by atoms with Crippen molar-refractivity contribution in [2.75, 3.05) is 0 Å². The Morgan fingerprint density at radius 2 is 0.250 bits per heavy atom. The van der Waals surface area contributed by atoms with Gasteiger partial charge in [-0.3, -0.25) is 0 Å². The van der Waals surface area contributed by atoms with Crippen LogP contribution >= 0.6 is 0 Å². The maximum atomic E-state index is 2.78. The molecule has 0 aromatic heterocycles. The quantitative estimate of drug-likeness (QED) is 0.134. The van der Waals surface area contributed by atoms with Crippen LogP contribution in [0.5, 0.6) is 0 Å². The van der Waals surface area contributed by atoms with Crippen LogP contribution in [0, 0.1) is 0 Å². The SMILES string of the molecule is c1cccccc2c3c4cc5c6cc7c8c(cccc1)c1c2c2c9c3c3c%10c4c4c5c5c6c6c7c7c%11c8c8c1c2c1c2c8c%11c8c%11c7c6c6c5c5c4c%10c4c7c3c9c1c1c2c8c2c%11c6c5c4c2c71. The van der Waals surface area contributed by atoms with Gasteiger partial charge in [0.25, 0.3) is 0 Å². The van der Waals surface area contributed by atoms with E-state index in [9.17, 15) is 0 Å². The molecule has 0 N–H and O–H groups in total. The molecule has 0 aliphatic carbocycles. The third kappa shape index (κ3) is 1.60. The summed E-state index contributed by atoms with van der Waals surface area (Å²) < 4.78 is 0. The maximum absolute atomic E-state index is 2.78. The molecule has 0 heterocycles. The van der Waals surface area contributed by atoms with E-state index in [1.165, 1.54) is 53.9 Å². The van der Waals surface area contributed by atoms with Crippen LogP contribution < -0.4 is 0 Å². The molecule has 284 valence electrons. The third-order valence-corrected chi connectivity index (χ3v) is 22.4. The van der Waals surface area contributed by atoms with E-state index in [1.54, 1.807) is 248 Å². The van der Waals surface area contributed by atoms with E-state index in [-0.39, 0.29) is 0 Å². The van der Waals surface area contributed by atoms with E-state index in [0.717, 1.165) is 0 Å². The highest BCUT2D eigenvalue weighted by atomic mass is 14.5. The van der Waals surface area contributed by atoms with E-state index >= 15 is 0 Å². The van der Waals surface area contributed by atoms with Crippen molar-refractivity contribution >= 4 is 302 Å². The predicted octanol–water partition coefficient (Wildman–Crippen LogP) is 19.9. The molecule has 0 heteroatoms. The average Bonchev–Trinajstić information content (AvgIpc) is 4.23. The fourth-order valence-electron chi connectivity index (χ4n) is 21.6. The first-order valence-electron chi connectivity index (χ1n) is 25.0. The summed E-state index contributed by atoms with van der Waals surface area (Å²) in [6.07, 6.45) is 0. The molecule has 0 aliphatic heterocycles. The lowest BCUT2D eigenvalue weighted by atomic mass is 9.86. The van der Waals surface area contributed by atoms with Crippen molar-refractivity contribution in [3.8, 4) is 0 Å². The Morgan fingerprint density at radius 1 is 0.103 bits per heavy atom. The van der Waals surface area contributed by atoms with Crippen molar-refractivity contribution in [3.05, 3.63) is 72.8 Å². The maximum Gasteiger partial charge on any atom is -0.0000000000000204 e. The largest absolute Gasteiger partial charge is 0.0623 e. The highest BCUT2D eigenvalue weighted by Gasteiger charge is 2.48. The summed E-state index contributed by atoms with van der Waals surface area (Å²) in [5.41, 5.74) is 0. The highest BCUT2D eigenvalue weighted by molar-refractivity contribution is 6.82. The summed E-state index contributed by atoms with van der Waals surface area (Å²) in [5.74, 6) is 0. The highest BCUT2D eigenvalue weighted by Crippen LogP contribution is 2.77. The van der Waals surface area contributed by atoms with Crippen LogP contribution in [0.25, 0.3) is 302 Å². The zero-order valence-electron chi connectivity index (χ0n) is 34.9. The first kappa shape index (κ1) is 26.3. The van der Waals surface area contributed by atoms with Crippen molar-refractivity contribution < 1.29 is 0 Å². The van der Waals surface area contributed by atoms with Gasteiger partial charge in [0.1, 0.15) is 0 Å². The zero-order valence-corrected chi connectivity index (χ0v) is 34.9. The molecule has 29 aromatic rings. The Labute approximate surface area is 372 Å². The van der Waals surface area contributed by atoms with E-state index in [1.807, 2.05) is 0 Å². The summed E-state index contributed by atoms with van der Waals surface area (Å²) >= 11 is 0. The van der Waals surface area contributed by atoms with Gasteiger partial charge in [-0.25, -0.2) is 0 Å². The van der Waals surface area contributed by atoms with Crippen LogP contribution in [0.3, 0.4) is 0 Å². The monoisotopic (exact) mass is 828 g/mol. The van der Waals surface area contributed by atoms with E-state index in [0.29, 0.717) is 0 Å². The topological polar surface area (TPSA) is 0 Å². The molecule has 0 saturated carbocycles. The minimum atomic E-state index is 1.43. The summed E-state index contributed by atoms with van der Waals surface area (Å²) in [7, 11) is 0. The van der Waals surface area contributed by atoms with Gasteiger partial charge in [-0.05, 0) is 314 Å². The van der Waals surface area contributed by atoms with Gasteiger partial charge in [-0.15, -0.1) is 0 Å². The second-order valence-corrected chi connectivity index (χ2v) is 23.4. The fraction of sp³-hybridized carbons (Fsp3) is 0. The molecule has 0 aliphatic rings. The third-order valence-electron chi connectivity index (χ3n) is 22.4. The second-order valence-electron chi connectivity index (χ2n) is 23.4. The predicted molar refractivity (Wildman–Crippen MR) is 296 cm³/mol. The van der Waals surface area contributed by atoms with Gasteiger partial charge in [0.15, 0.2) is 0 Å². The Hall–Kier alpha value is -8.84. The molecule has 29 rings (SSSR count). The molecule has 68 heavy (non-hydrogen) atoms. The van der Waals surface area contributed by atoms with E-state index in [2.05, 4.69) is 72.8 Å². The van der Waals surface area contributed by atoms with Crippen LogP contribution in [0.2, 0.25) is 0 Å². The van der Waals surface area contributed by atoms with Crippen LogP contribution in [0.1, 0.15) is 0 Å². The summed E-state index contributed by atoms with van der Waals surface area (Å²) in [6.45, 7) is 0. The molecule has 29 aromatic carbocycles. The number of hydrogen-bond acceptors (Lipinski definition) is 0. The lowest BCUT2D eigenvalue weighted by Crippen LogP contribution is -1.87. The standard InChI is InChI=1S/C68H12/c1-2-4-6-8-10-14-20-18-12-16-15-11-17-19-13(9-7-5-3-1)21-22(14)33-37-28(20)39-35-26(18)31-24(16)29-23(15)30-25(17)34-38-27(19)36-32(21)43(33)52-55-46(36)48(38)57-53-44(34)41(30)50-40(29)51-42(31)45(35)54-58-49(39)47(37)56(52)64-63(55)65(57)67-61(53)59(50)60(51)62(54)68(67)66(58)64/h1-12H. The number of hydrogen-bond donors (Lipinski definition) is 0. The van der Waals surface area contributed by atoms with Crippen LogP contribution in [0.15, 0.2) is 72.8 Å². The molecule has 0 atom stereocenters. The molecule has 0 fully saturated rings. The van der Waals surface area contributed by atoms with Gasteiger partial charge in [-0.2, -0.15) is 0 Å². The van der Waals surface area contributed by atoms with Crippen molar-refractivity contribution in [3.63, 3.8) is 0 Å². The van der Waals surface area contributed by atoms with Gasteiger partial charge in [0.05, 0.1) is 0 Å². The van der Waals surface area contributed by atoms with E-state index < -0.39 is 0 Å². The van der Waals surface area contributed by atoms with Gasteiger partial charge in [0, 0.05) is 0 Å². The summed E-state index contributed by atoms with van der Waals surface area (Å²) in [5, 5.41) is 88.5. The molecular formula is C68H12. The molecule has 0 bridgehead atoms. The van der Waals surface area contributed by atoms with Crippen LogP contribution in [-0.4, -0.2) is 0 Å². The second kappa shape index (κ2) is 6.49. The Morgan fingerprint density at radius 3 is 0.485 bits per heavy atom. The minimum absolute atomic E-state index is 1.43. The molecule has 0 amide bonds. The number of fused-ring (bicyclic) bond motifs is 5. The molecule has 0 saturated heterocycles. The average molecular weight is 829 g/mol. The van der Waals surface area contributed by atoms with E-state index in [4.69, 9.17) is 0 Å². The Kier molecular flexibility index (Phi) is 2.51. The van der Waals surface area contributed by atoms with Gasteiger partial charge in [-0.1, -0.05) is 60.7 Å². The fourth-order valence-corrected chi connectivity index (χ4v) is 21.6. The van der Waals surface area contributed by atoms with Crippen molar-refractivity contribution in [1.29, 1.82) is 0 Å². The van der Waals surface area contributed by atoms with Gasteiger partial charge >= 0.3 is 0 Å². The first-order chi connectivity index (χ1) is 33.9. The first-order valence-corrected chi connectivity index (χ1v) is 25.0. The minimum Gasteiger partial charge on any atom is -0.0623 e. The Bertz CT molecular complexity index is 6860.